The molecule has 202 valence electrons. The van der Waals surface area contributed by atoms with Gasteiger partial charge in [0.2, 0.25) is 0 Å². The summed E-state index contributed by atoms with van der Waals surface area (Å²) in [7, 11) is 0. The second kappa shape index (κ2) is 10.6. The first-order chi connectivity index (χ1) is 17.6. The van der Waals surface area contributed by atoms with Crippen molar-refractivity contribution >= 4 is 6.08 Å². The van der Waals surface area contributed by atoms with E-state index in [4.69, 9.17) is 6.92 Å². The van der Waals surface area contributed by atoms with Crippen LogP contribution in [0.5, 0.6) is 0 Å². The van der Waals surface area contributed by atoms with Gasteiger partial charge in [-0.15, -0.1) is 0 Å². The summed E-state index contributed by atoms with van der Waals surface area (Å²) in [5, 5.41) is 9.45. The Morgan fingerprint density at radius 1 is 0.763 bits per heavy atom. The Hall–Kier alpha value is -3.06. The zero-order valence-corrected chi connectivity index (χ0v) is 21.6. The van der Waals surface area contributed by atoms with E-state index in [1.54, 1.807) is 19.1 Å². The lowest BCUT2D eigenvalue weighted by Gasteiger charge is -2.34. The molecule has 1 N–H and O–H groups in total. The molecule has 0 spiro atoms. The molecule has 0 unspecified atom stereocenters. The first-order valence-corrected chi connectivity index (χ1v) is 12.2. The summed E-state index contributed by atoms with van der Waals surface area (Å²) in [5.41, 5.74) is 0.978. The average Bonchev–Trinajstić information content (AvgIpc) is 2.83. The molecular formula is C31H30F6O. The Morgan fingerprint density at radius 2 is 1.32 bits per heavy atom. The van der Waals surface area contributed by atoms with Gasteiger partial charge in [-0.1, -0.05) is 80.6 Å². The molecule has 0 fully saturated rings. The van der Waals surface area contributed by atoms with Gasteiger partial charge in [0, 0.05) is 5.41 Å². The van der Waals surface area contributed by atoms with E-state index in [0.717, 1.165) is 40.7 Å². The van der Waals surface area contributed by atoms with Crippen LogP contribution in [0.4, 0.5) is 26.3 Å². The molecule has 0 bridgehead atoms. The molecule has 3 aromatic rings. The van der Waals surface area contributed by atoms with Crippen LogP contribution < -0.4 is 0 Å². The van der Waals surface area contributed by atoms with Crippen LogP contribution >= 0.6 is 0 Å². The molecule has 0 atom stereocenters. The average molecular weight is 533 g/mol. The maximum Gasteiger partial charge on any atom is 0.430 e. The first kappa shape index (κ1) is 29.5. The van der Waals surface area contributed by atoms with E-state index in [9.17, 15) is 31.4 Å². The number of aliphatic hydroxyl groups is 1. The van der Waals surface area contributed by atoms with Gasteiger partial charge in [-0.25, -0.2) is 0 Å². The molecule has 2 radical (unpaired) electrons. The molecule has 3 rings (SSSR count). The maximum atomic E-state index is 13.1. The zero-order valence-electron chi connectivity index (χ0n) is 21.6. The Bertz CT molecular complexity index is 1300. The highest BCUT2D eigenvalue weighted by Crippen LogP contribution is 2.45. The van der Waals surface area contributed by atoms with Crippen molar-refractivity contribution in [2.75, 3.05) is 0 Å². The van der Waals surface area contributed by atoms with E-state index in [1.165, 1.54) is 6.07 Å². The summed E-state index contributed by atoms with van der Waals surface area (Å²) in [4.78, 5) is 0. The lowest BCUT2D eigenvalue weighted by molar-refractivity contribution is -0.347. The van der Waals surface area contributed by atoms with Crippen molar-refractivity contribution in [1.29, 1.82) is 0 Å². The van der Waals surface area contributed by atoms with Crippen molar-refractivity contribution in [3.05, 3.63) is 107 Å². The van der Waals surface area contributed by atoms with E-state index in [0.29, 0.717) is 17.2 Å². The fourth-order valence-corrected chi connectivity index (χ4v) is 4.95. The third kappa shape index (κ3) is 5.39. The quantitative estimate of drug-likeness (QED) is 0.301. The topological polar surface area (TPSA) is 20.2 Å². The standard InChI is InChI=1S/C31H30F6O/c1-6-28(7-2,26-13-14-27(22(5)19-26)24-10-8-9-20(3)17-24)25-12-11-23(21(4)18-25)15-16-29(38,30(32,33)34)31(35,36)37/h3,8-19,38H,6-7H2,1-2,4-5H3/b16-15+. The second-order valence-corrected chi connectivity index (χ2v) is 9.61. The van der Waals surface area contributed by atoms with Gasteiger partial charge in [-0.05, 0) is 84.2 Å². The summed E-state index contributed by atoms with van der Waals surface area (Å²) in [6, 6.07) is 18.8. The Kier molecular flexibility index (Phi) is 8.23. The third-order valence-electron chi connectivity index (χ3n) is 7.37. The molecule has 0 aliphatic carbocycles. The van der Waals surface area contributed by atoms with Gasteiger partial charge in [0.25, 0.3) is 5.60 Å². The highest BCUT2D eigenvalue weighted by molar-refractivity contribution is 5.69. The number of rotatable bonds is 7. The normalized spacial score (nSPS) is 13.4. The van der Waals surface area contributed by atoms with Crippen LogP contribution in [0.15, 0.2) is 66.7 Å². The molecule has 0 saturated carbocycles. The zero-order chi connectivity index (χ0) is 28.5. The highest BCUT2D eigenvalue weighted by Gasteiger charge is 2.68. The van der Waals surface area contributed by atoms with Gasteiger partial charge >= 0.3 is 12.4 Å². The Balaban J connectivity index is 2.04. The van der Waals surface area contributed by atoms with E-state index in [1.807, 2.05) is 51.1 Å². The number of hydrogen-bond donors (Lipinski definition) is 1. The molecule has 0 saturated heterocycles. The molecule has 3 aromatic carbocycles. The molecule has 0 aliphatic heterocycles. The molecule has 0 amide bonds. The lowest BCUT2D eigenvalue weighted by atomic mass is 9.69. The van der Waals surface area contributed by atoms with Gasteiger partial charge < -0.3 is 5.11 Å². The third-order valence-corrected chi connectivity index (χ3v) is 7.37. The van der Waals surface area contributed by atoms with E-state index in [2.05, 4.69) is 12.1 Å². The van der Waals surface area contributed by atoms with Crippen molar-refractivity contribution in [2.45, 2.75) is 63.9 Å². The number of alkyl halides is 6. The van der Waals surface area contributed by atoms with Gasteiger partial charge in [-0.3, -0.25) is 0 Å². The van der Waals surface area contributed by atoms with Crippen molar-refractivity contribution < 1.29 is 31.4 Å². The molecule has 38 heavy (non-hydrogen) atoms. The number of benzene rings is 3. The van der Waals surface area contributed by atoms with E-state index in [-0.39, 0.29) is 11.6 Å². The predicted octanol–water partition coefficient (Wildman–Crippen LogP) is 9.00. The highest BCUT2D eigenvalue weighted by atomic mass is 19.4. The van der Waals surface area contributed by atoms with Crippen LogP contribution in [0.3, 0.4) is 0 Å². The van der Waals surface area contributed by atoms with Crippen molar-refractivity contribution in [3.63, 3.8) is 0 Å². The van der Waals surface area contributed by atoms with Crippen molar-refractivity contribution in [2.24, 2.45) is 0 Å². The van der Waals surface area contributed by atoms with Crippen molar-refractivity contribution in [3.8, 4) is 11.1 Å². The smallest absolute Gasteiger partial charge is 0.370 e. The van der Waals surface area contributed by atoms with Crippen LogP contribution in [0.25, 0.3) is 17.2 Å². The monoisotopic (exact) mass is 532 g/mol. The lowest BCUT2D eigenvalue weighted by Crippen LogP contribution is -2.55. The number of hydrogen-bond acceptors (Lipinski definition) is 1. The van der Waals surface area contributed by atoms with Crippen LogP contribution in [0.2, 0.25) is 0 Å². The number of aryl methyl sites for hydroxylation is 2. The predicted molar refractivity (Wildman–Crippen MR) is 139 cm³/mol. The molecular weight excluding hydrogens is 502 g/mol. The second-order valence-electron chi connectivity index (χ2n) is 9.61. The molecule has 7 heteroatoms. The molecule has 0 aliphatic rings. The van der Waals surface area contributed by atoms with Crippen LogP contribution in [0, 0.1) is 20.8 Å². The minimum Gasteiger partial charge on any atom is -0.370 e. The molecule has 0 heterocycles. The summed E-state index contributed by atoms with van der Waals surface area (Å²) in [6.45, 7) is 13.7. The van der Waals surface area contributed by atoms with Gasteiger partial charge in [0.1, 0.15) is 0 Å². The largest absolute Gasteiger partial charge is 0.430 e. The summed E-state index contributed by atoms with van der Waals surface area (Å²) >= 11 is 0. The maximum absolute atomic E-state index is 13.1. The minimum absolute atomic E-state index is 0.148. The summed E-state index contributed by atoms with van der Waals surface area (Å²) in [6.07, 6.45) is -9.95. The van der Waals surface area contributed by atoms with Crippen LogP contribution in [0.1, 0.15) is 60.1 Å². The number of halogens is 6. The van der Waals surface area contributed by atoms with Gasteiger partial charge in [0.05, 0.1) is 0 Å². The SMILES string of the molecule is [CH]c1cccc(-c2ccc(C(CC)(CC)c3ccc(/C=C/C(O)(C(F)(F)F)C(F)(F)F)c(C)c3)cc2C)c1. The first-order valence-electron chi connectivity index (χ1n) is 12.2. The Morgan fingerprint density at radius 3 is 1.79 bits per heavy atom. The van der Waals surface area contributed by atoms with Gasteiger partial charge in [-0.2, -0.15) is 26.3 Å². The van der Waals surface area contributed by atoms with Crippen molar-refractivity contribution in [1.82, 2.24) is 0 Å². The summed E-state index contributed by atoms with van der Waals surface area (Å²) in [5.74, 6) is 0. The fourth-order valence-electron chi connectivity index (χ4n) is 4.95. The molecule has 0 aromatic heterocycles. The van der Waals surface area contributed by atoms with E-state index >= 15 is 0 Å². The van der Waals surface area contributed by atoms with Crippen LogP contribution in [-0.4, -0.2) is 23.1 Å². The van der Waals surface area contributed by atoms with Gasteiger partial charge in [0.15, 0.2) is 0 Å². The summed E-state index contributed by atoms with van der Waals surface area (Å²) < 4.78 is 78.4. The van der Waals surface area contributed by atoms with E-state index < -0.39 is 23.4 Å². The Labute approximate surface area is 219 Å². The van der Waals surface area contributed by atoms with Crippen LogP contribution in [-0.2, 0) is 5.41 Å². The molecule has 1 nitrogen and oxygen atoms in total. The fraction of sp³-hybridized carbons (Fsp3) is 0.323. The minimum atomic E-state index is -5.91.